The first-order chi connectivity index (χ1) is 21.0. The van der Waals surface area contributed by atoms with Crippen LogP contribution in [0.3, 0.4) is 0 Å². The first kappa shape index (κ1) is 30.9. The predicted molar refractivity (Wildman–Crippen MR) is 173 cm³/mol. The molecule has 0 saturated heterocycles. The van der Waals surface area contributed by atoms with E-state index in [1.807, 2.05) is 66.9 Å². The molecule has 0 unspecified atom stereocenters. The minimum atomic E-state index is 0. The van der Waals surface area contributed by atoms with Crippen LogP contribution in [0.1, 0.15) is 50.7 Å². The molecule has 0 aliphatic carbocycles. The molecule has 0 amide bonds. The third-order valence-corrected chi connectivity index (χ3v) is 7.31. The zero-order valence-corrected chi connectivity index (χ0v) is 27.5. The Morgan fingerprint density at radius 1 is 0.659 bits per heavy atom. The average Bonchev–Trinajstić information content (AvgIpc) is 3.46. The molecule has 7 heteroatoms. The summed E-state index contributed by atoms with van der Waals surface area (Å²) in [4.78, 5) is 22.6. The van der Waals surface area contributed by atoms with Gasteiger partial charge in [-0.2, -0.15) is 0 Å². The number of hydrogen-bond acceptors (Lipinski definition) is 5. The molecule has 0 aliphatic rings. The Morgan fingerprint density at radius 3 is 1.95 bits per heavy atom. The smallest absolute Gasteiger partial charge is 0.118 e. The predicted octanol–water partition coefficient (Wildman–Crippen LogP) is 8.62. The number of imidazole rings is 1. The van der Waals surface area contributed by atoms with Gasteiger partial charge in [0.25, 0.3) is 0 Å². The molecule has 7 aromatic rings. The van der Waals surface area contributed by atoms with Gasteiger partial charge in [-0.1, -0.05) is 58.0 Å². The molecule has 0 atom stereocenters. The molecule has 44 heavy (non-hydrogen) atoms. The van der Waals surface area contributed by atoms with Crippen molar-refractivity contribution in [3.63, 3.8) is 0 Å². The van der Waals surface area contributed by atoms with Crippen LogP contribution in [0, 0.1) is 12.1 Å². The Balaban J connectivity index is 0.000000248. The molecule has 0 saturated carbocycles. The third-order valence-electron chi connectivity index (χ3n) is 7.31. The molecule has 0 spiro atoms. The van der Waals surface area contributed by atoms with E-state index in [0.717, 1.165) is 44.7 Å². The van der Waals surface area contributed by atoms with Crippen molar-refractivity contribution < 1.29 is 20.1 Å². The van der Waals surface area contributed by atoms with Crippen molar-refractivity contribution >= 4 is 22.1 Å². The molecular formula is C37H32IrN6-2. The zero-order chi connectivity index (χ0) is 29.8. The number of rotatable bonds is 5. The summed E-state index contributed by atoms with van der Waals surface area (Å²) in [6, 6.07) is 34.7. The number of hydrogen-bond donors (Lipinski definition) is 0. The van der Waals surface area contributed by atoms with E-state index in [4.69, 9.17) is 4.98 Å². The summed E-state index contributed by atoms with van der Waals surface area (Å²) in [5.74, 6) is 1.54. The Morgan fingerprint density at radius 2 is 1.34 bits per heavy atom. The zero-order valence-electron chi connectivity index (χ0n) is 25.1. The molecule has 4 aromatic heterocycles. The van der Waals surface area contributed by atoms with Gasteiger partial charge >= 0.3 is 0 Å². The van der Waals surface area contributed by atoms with Crippen molar-refractivity contribution in [2.75, 3.05) is 0 Å². The van der Waals surface area contributed by atoms with Gasteiger partial charge in [-0.3, -0.25) is 9.97 Å². The fourth-order valence-electron chi connectivity index (χ4n) is 5.26. The topological polar surface area (TPSA) is 69.4 Å². The summed E-state index contributed by atoms with van der Waals surface area (Å²) in [6.07, 6.45) is 6.94. The van der Waals surface area contributed by atoms with Crippen LogP contribution in [0.5, 0.6) is 0 Å². The minimum Gasteiger partial charge on any atom is -0.331 e. The van der Waals surface area contributed by atoms with Crippen LogP contribution in [-0.2, 0) is 20.1 Å². The minimum absolute atomic E-state index is 0. The summed E-state index contributed by atoms with van der Waals surface area (Å²) < 4.78 is 2.27. The Labute approximate surface area is 271 Å². The fraction of sp³-hybridized carbons (Fsp3) is 0.162. The van der Waals surface area contributed by atoms with Gasteiger partial charge in [-0.25, -0.2) is 9.97 Å². The van der Waals surface area contributed by atoms with E-state index >= 15 is 0 Å². The Hall–Kier alpha value is -4.58. The average molecular weight is 753 g/mol. The van der Waals surface area contributed by atoms with Gasteiger partial charge in [0.15, 0.2) is 0 Å². The number of pyridine rings is 2. The standard InChI is InChI=1S/C26H24N5.C11H8N.Ir/c1-16(2)19-11-8-12-20(17(3)4)24(19)31-25-22(14-28-21-13-27-15-29-23(21)25)30-26(31)18-9-6-5-7-10-18;1-2-6-10(7-3-1)11-8-4-5-9-12-11;/h5-9,11-17H,1-4H3;1-6,8-9H;/q2*-1;. The van der Waals surface area contributed by atoms with Crippen LogP contribution in [0.4, 0.5) is 0 Å². The molecule has 0 N–H and O–H groups in total. The van der Waals surface area contributed by atoms with Gasteiger partial charge in [0.2, 0.25) is 0 Å². The molecule has 3 aromatic carbocycles. The van der Waals surface area contributed by atoms with Crippen LogP contribution in [-0.4, -0.2) is 29.5 Å². The van der Waals surface area contributed by atoms with E-state index in [1.165, 1.54) is 16.8 Å². The molecule has 221 valence electrons. The largest absolute Gasteiger partial charge is 0.331 e. The second-order valence-corrected chi connectivity index (χ2v) is 10.9. The summed E-state index contributed by atoms with van der Waals surface area (Å²) >= 11 is 0. The van der Waals surface area contributed by atoms with E-state index < -0.39 is 0 Å². The molecule has 7 rings (SSSR count). The van der Waals surface area contributed by atoms with Crippen molar-refractivity contribution in [1.82, 2.24) is 29.5 Å². The summed E-state index contributed by atoms with van der Waals surface area (Å²) in [5.41, 5.74) is 10.0. The summed E-state index contributed by atoms with van der Waals surface area (Å²) in [7, 11) is 0. The number of aromatic nitrogens is 6. The van der Waals surface area contributed by atoms with Gasteiger partial charge in [0.05, 0.1) is 29.3 Å². The van der Waals surface area contributed by atoms with Gasteiger partial charge < -0.3 is 9.55 Å². The SMILES string of the molecule is CC(C)c1cccc(C(C)C)c1-n1c(-c2[c-]cccc2)nc2cnc3cncnc3c21.[Ir].[c-]1ccccc1-c1ccccn1. The van der Waals surface area contributed by atoms with Crippen molar-refractivity contribution in [2.24, 2.45) is 0 Å². The van der Waals surface area contributed by atoms with Gasteiger partial charge in [-0.05, 0) is 34.7 Å². The summed E-state index contributed by atoms with van der Waals surface area (Å²) in [6.45, 7) is 8.94. The second-order valence-electron chi connectivity index (χ2n) is 10.9. The van der Waals surface area contributed by atoms with E-state index in [1.54, 1.807) is 18.7 Å². The molecular weight excluding hydrogens is 721 g/mol. The first-order valence-electron chi connectivity index (χ1n) is 14.5. The number of fused-ring (bicyclic) bond motifs is 3. The van der Waals surface area contributed by atoms with E-state index in [2.05, 4.69) is 88.6 Å². The van der Waals surface area contributed by atoms with Gasteiger partial charge in [0.1, 0.15) is 17.4 Å². The van der Waals surface area contributed by atoms with Crippen molar-refractivity contribution in [1.29, 1.82) is 0 Å². The maximum absolute atomic E-state index is 5.02. The molecule has 1 radical (unpaired) electrons. The Kier molecular flexibility index (Phi) is 9.68. The monoisotopic (exact) mass is 753 g/mol. The van der Waals surface area contributed by atoms with Gasteiger partial charge in [-0.15, -0.1) is 71.8 Å². The fourth-order valence-corrected chi connectivity index (χ4v) is 5.26. The van der Waals surface area contributed by atoms with Crippen LogP contribution >= 0.6 is 0 Å². The van der Waals surface area contributed by atoms with E-state index in [0.29, 0.717) is 11.8 Å². The van der Waals surface area contributed by atoms with Gasteiger partial charge in [0, 0.05) is 32.0 Å². The van der Waals surface area contributed by atoms with Crippen molar-refractivity contribution in [2.45, 2.75) is 39.5 Å². The molecule has 0 fully saturated rings. The number of benzene rings is 3. The van der Waals surface area contributed by atoms with E-state index in [-0.39, 0.29) is 20.1 Å². The van der Waals surface area contributed by atoms with Crippen molar-refractivity contribution in [3.8, 4) is 28.3 Å². The number of para-hydroxylation sites is 1. The maximum atomic E-state index is 5.02. The quantitative estimate of drug-likeness (QED) is 0.165. The second kappa shape index (κ2) is 13.8. The molecule has 0 aliphatic heterocycles. The molecule has 0 bridgehead atoms. The number of nitrogens with zero attached hydrogens (tertiary/aromatic N) is 6. The summed E-state index contributed by atoms with van der Waals surface area (Å²) in [5, 5.41) is 0. The van der Waals surface area contributed by atoms with Crippen LogP contribution in [0.2, 0.25) is 0 Å². The molecule has 4 heterocycles. The first-order valence-corrected chi connectivity index (χ1v) is 14.5. The van der Waals surface area contributed by atoms with E-state index in [9.17, 15) is 0 Å². The van der Waals surface area contributed by atoms with Crippen LogP contribution in [0.15, 0.2) is 110 Å². The van der Waals surface area contributed by atoms with Crippen molar-refractivity contribution in [3.05, 3.63) is 133 Å². The molecule has 6 nitrogen and oxygen atoms in total. The van der Waals surface area contributed by atoms with Crippen LogP contribution in [0.25, 0.3) is 50.4 Å². The van der Waals surface area contributed by atoms with Crippen LogP contribution < -0.4 is 0 Å². The maximum Gasteiger partial charge on any atom is 0.118 e. The normalized spacial score (nSPS) is 11.0. The third kappa shape index (κ3) is 6.21. The Bertz CT molecular complexity index is 1910.